The summed E-state index contributed by atoms with van der Waals surface area (Å²) < 4.78 is 10.2. The molecular weight excluding hydrogens is 360 g/mol. The molecule has 0 saturated carbocycles. The van der Waals surface area contributed by atoms with Gasteiger partial charge in [-0.15, -0.1) is 0 Å². The molecule has 0 spiro atoms. The van der Waals surface area contributed by atoms with Crippen LogP contribution in [0.3, 0.4) is 0 Å². The molecule has 2 aromatic rings. The number of carbonyl (C=O) groups excluding carboxylic acids is 1. The molecule has 0 amide bonds. The highest BCUT2D eigenvalue weighted by atomic mass is 16.6. The first-order valence-electron chi connectivity index (χ1n) is 8.42. The van der Waals surface area contributed by atoms with Gasteiger partial charge in [-0.1, -0.05) is 39.0 Å². The normalized spacial score (nSPS) is 11.5. The van der Waals surface area contributed by atoms with Gasteiger partial charge in [-0.2, -0.15) is 5.26 Å². The Labute approximate surface area is 163 Å². The Kier molecular flexibility index (Phi) is 6.16. The van der Waals surface area contributed by atoms with E-state index in [0.717, 1.165) is 12.7 Å². The molecule has 0 heterocycles. The minimum absolute atomic E-state index is 0.0173. The number of ether oxygens (including phenoxy) is 2. The fraction of sp³-hybridized carbons (Fsp3) is 0.238. The summed E-state index contributed by atoms with van der Waals surface area (Å²) in [4.78, 5) is 22.4. The Bertz CT molecular complexity index is 964. The summed E-state index contributed by atoms with van der Waals surface area (Å²) in [5, 5.41) is 20.5. The third kappa shape index (κ3) is 4.95. The summed E-state index contributed by atoms with van der Waals surface area (Å²) in [7, 11) is 1.15. The second-order valence-corrected chi connectivity index (χ2v) is 7.02. The number of nitro groups is 1. The van der Waals surface area contributed by atoms with E-state index in [4.69, 9.17) is 10.00 Å². The van der Waals surface area contributed by atoms with E-state index in [1.54, 1.807) is 18.2 Å². The van der Waals surface area contributed by atoms with Crippen molar-refractivity contribution in [2.75, 3.05) is 7.11 Å². The molecule has 0 N–H and O–H groups in total. The Hall–Kier alpha value is -3.66. The van der Waals surface area contributed by atoms with Crippen LogP contribution in [0, 0.1) is 21.4 Å². The molecule has 0 fully saturated rings. The summed E-state index contributed by atoms with van der Waals surface area (Å²) in [5.41, 5.74) is 0.862. The molecule has 7 heteroatoms. The van der Waals surface area contributed by atoms with E-state index in [1.165, 1.54) is 24.3 Å². The van der Waals surface area contributed by atoms with Crippen LogP contribution >= 0.6 is 0 Å². The van der Waals surface area contributed by atoms with E-state index in [1.807, 2.05) is 12.1 Å². The van der Waals surface area contributed by atoms with Crippen molar-refractivity contribution < 1.29 is 19.2 Å². The molecule has 2 rings (SSSR count). The molecule has 0 aliphatic heterocycles. The number of nitriles is 1. The van der Waals surface area contributed by atoms with Gasteiger partial charge in [0.1, 0.15) is 17.4 Å². The van der Waals surface area contributed by atoms with E-state index < -0.39 is 10.9 Å². The molecule has 144 valence electrons. The van der Waals surface area contributed by atoms with Crippen molar-refractivity contribution in [3.8, 4) is 17.6 Å². The molecule has 2 aromatic carbocycles. The zero-order valence-corrected chi connectivity index (χ0v) is 16.1. The maximum absolute atomic E-state index is 11.5. The molecule has 28 heavy (non-hydrogen) atoms. The largest absolute Gasteiger partial charge is 0.465 e. The highest BCUT2D eigenvalue weighted by Crippen LogP contribution is 2.33. The van der Waals surface area contributed by atoms with E-state index >= 15 is 0 Å². The molecule has 0 aliphatic rings. The fourth-order valence-electron chi connectivity index (χ4n) is 2.42. The van der Waals surface area contributed by atoms with Gasteiger partial charge in [-0.05, 0) is 40.8 Å². The zero-order valence-electron chi connectivity index (χ0n) is 16.1. The molecule has 0 aromatic heterocycles. The molecule has 0 saturated heterocycles. The molecule has 0 unspecified atom stereocenters. The van der Waals surface area contributed by atoms with Crippen LogP contribution in [0.15, 0.2) is 48.0 Å². The molecule has 0 aliphatic carbocycles. The van der Waals surface area contributed by atoms with E-state index in [2.05, 4.69) is 25.5 Å². The minimum Gasteiger partial charge on any atom is -0.465 e. The number of carbonyl (C=O) groups is 1. The van der Waals surface area contributed by atoms with Gasteiger partial charge >= 0.3 is 11.7 Å². The Balaban J connectivity index is 2.36. The summed E-state index contributed by atoms with van der Waals surface area (Å²) in [5.74, 6) is -0.293. The van der Waals surface area contributed by atoms with E-state index in [9.17, 15) is 14.9 Å². The van der Waals surface area contributed by atoms with Crippen LogP contribution in [-0.4, -0.2) is 18.0 Å². The molecule has 0 atom stereocenters. The standard InChI is InChI=1S/C21H20N2O5/c1-21(2,3)16-6-8-17(9-7-16)28-19-10-5-14(12-18(19)23(25)26)11-15(13-22)20(24)27-4/h5-12H,1-4H3/b15-11-. The number of esters is 1. The smallest absolute Gasteiger partial charge is 0.348 e. The number of methoxy groups -OCH3 is 1. The highest BCUT2D eigenvalue weighted by molar-refractivity contribution is 5.97. The predicted octanol–water partition coefficient (Wildman–Crippen LogP) is 4.76. The van der Waals surface area contributed by atoms with Crippen molar-refractivity contribution >= 4 is 17.7 Å². The fourth-order valence-corrected chi connectivity index (χ4v) is 2.42. The summed E-state index contributed by atoms with van der Waals surface area (Å²) in [6, 6.07) is 13.2. The second kappa shape index (κ2) is 8.35. The van der Waals surface area contributed by atoms with Gasteiger partial charge in [0, 0.05) is 6.07 Å². The second-order valence-electron chi connectivity index (χ2n) is 7.02. The summed E-state index contributed by atoms with van der Waals surface area (Å²) in [6.45, 7) is 6.26. The average Bonchev–Trinajstić information content (AvgIpc) is 2.66. The van der Waals surface area contributed by atoms with Crippen molar-refractivity contribution in [2.45, 2.75) is 26.2 Å². The molecule has 0 radical (unpaired) electrons. The van der Waals surface area contributed by atoms with Gasteiger partial charge in [-0.3, -0.25) is 10.1 Å². The van der Waals surface area contributed by atoms with Crippen molar-refractivity contribution in [3.05, 3.63) is 69.3 Å². The van der Waals surface area contributed by atoms with Crippen LogP contribution in [0.2, 0.25) is 0 Å². The monoisotopic (exact) mass is 380 g/mol. The van der Waals surface area contributed by atoms with Gasteiger partial charge in [0.25, 0.3) is 0 Å². The van der Waals surface area contributed by atoms with Crippen LogP contribution in [0.4, 0.5) is 5.69 Å². The van der Waals surface area contributed by atoms with Crippen LogP contribution in [0.5, 0.6) is 11.5 Å². The first kappa shape index (κ1) is 20.6. The number of rotatable bonds is 5. The summed E-state index contributed by atoms with van der Waals surface area (Å²) >= 11 is 0. The number of hydrogen-bond acceptors (Lipinski definition) is 6. The van der Waals surface area contributed by atoms with Gasteiger partial charge in [-0.25, -0.2) is 4.79 Å². The van der Waals surface area contributed by atoms with Crippen LogP contribution < -0.4 is 4.74 Å². The predicted molar refractivity (Wildman–Crippen MR) is 104 cm³/mol. The van der Waals surface area contributed by atoms with Crippen molar-refractivity contribution in [2.24, 2.45) is 0 Å². The lowest BCUT2D eigenvalue weighted by molar-refractivity contribution is -0.385. The first-order chi connectivity index (χ1) is 13.2. The SMILES string of the molecule is COC(=O)/C(C#N)=C\c1ccc(Oc2ccc(C(C)(C)C)cc2)c([N+](=O)[O-])c1. The topological polar surface area (TPSA) is 102 Å². The van der Waals surface area contributed by atoms with Crippen molar-refractivity contribution in [1.29, 1.82) is 5.26 Å². The molecule has 0 bridgehead atoms. The molecule has 7 nitrogen and oxygen atoms in total. The number of benzene rings is 2. The Morgan fingerprint density at radius 2 is 1.82 bits per heavy atom. The number of nitrogens with zero attached hydrogens (tertiary/aromatic N) is 2. The van der Waals surface area contributed by atoms with Gasteiger partial charge < -0.3 is 9.47 Å². The lowest BCUT2D eigenvalue weighted by Gasteiger charge is -2.19. The van der Waals surface area contributed by atoms with E-state index in [0.29, 0.717) is 11.3 Å². The quantitative estimate of drug-likeness (QED) is 0.243. The van der Waals surface area contributed by atoms with Gasteiger partial charge in [0.05, 0.1) is 12.0 Å². The van der Waals surface area contributed by atoms with Gasteiger partial charge in [0.2, 0.25) is 5.75 Å². The lowest BCUT2D eigenvalue weighted by atomic mass is 9.87. The van der Waals surface area contributed by atoms with Crippen molar-refractivity contribution in [1.82, 2.24) is 0 Å². The third-order valence-corrected chi connectivity index (χ3v) is 3.96. The number of hydrogen-bond donors (Lipinski definition) is 0. The zero-order chi connectivity index (χ0) is 20.9. The van der Waals surface area contributed by atoms with Crippen molar-refractivity contribution in [3.63, 3.8) is 0 Å². The Morgan fingerprint density at radius 1 is 1.18 bits per heavy atom. The van der Waals surface area contributed by atoms with E-state index in [-0.39, 0.29) is 22.4 Å². The lowest BCUT2D eigenvalue weighted by Crippen LogP contribution is -2.10. The highest BCUT2D eigenvalue weighted by Gasteiger charge is 2.18. The van der Waals surface area contributed by atoms with Crippen LogP contribution in [0.25, 0.3) is 6.08 Å². The number of nitro benzene ring substituents is 1. The van der Waals surface area contributed by atoms with Crippen LogP contribution in [-0.2, 0) is 14.9 Å². The summed E-state index contributed by atoms with van der Waals surface area (Å²) in [6.07, 6.45) is 1.22. The average molecular weight is 380 g/mol. The maximum atomic E-state index is 11.5. The van der Waals surface area contributed by atoms with Crippen LogP contribution in [0.1, 0.15) is 31.9 Å². The third-order valence-electron chi connectivity index (χ3n) is 3.96. The Morgan fingerprint density at radius 3 is 2.32 bits per heavy atom. The van der Waals surface area contributed by atoms with Gasteiger partial charge in [0.15, 0.2) is 0 Å². The maximum Gasteiger partial charge on any atom is 0.348 e. The molecular formula is C21H20N2O5. The minimum atomic E-state index is -0.815. The first-order valence-corrected chi connectivity index (χ1v) is 8.42.